The van der Waals surface area contributed by atoms with Gasteiger partial charge in [-0.05, 0) is 59.6 Å². The van der Waals surface area contributed by atoms with Crippen molar-refractivity contribution in [2.24, 2.45) is 5.73 Å². The molecule has 1 aromatic rings. The number of benzene rings is 1. The summed E-state index contributed by atoms with van der Waals surface area (Å²) in [6, 6.07) is 9.34. The number of hydrogen-bond acceptors (Lipinski definition) is 3. The summed E-state index contributed by atoms with van der Waals surface area (Å²) in [5.74, 6) is -0.942. The molecular weight excluding hydrogens is 302 g/mol. The maximum absolute atomic E-state index is 13.1. The van der Waals surface area contributed by atoms with Crippen LogP contribution in [-0.4, -0.2) is 40.4 Å². The lowest BCUT2D eigenvalue weighted by atomic mass is 9.77. The van der Waals surface area contributed by atoms with Gasteiger partial charge in [0.15, 0.2) is 0 Å². The second kappa shape index (κ2) is 6.55. The maximum atomic E-state index is 13.1. The number of carbonyl (C=O) groups excluding carboxylic acids is 2. The van der Waals surface area contributed by atoms with E-state index in [2.05, 4.69) is 0 Å². The van der Waals surface area contributed by atoms with Crippen molar-refractivity contribution in [3.05, 3.63) is 30.3 Å². The molecule has 1 aliphatic heterocycles. The van der Waals surface area contributed by atoms with Crippen molar-refractivity contribution in [3.63, 3.8) is 0 Å². The number of para-hydroxylation sites is 1. The van der Waals surface area contributed by atoms with E-state index in [1.54, 1.807) is 4.90 Å². The van der Waals surface area contributed by atoms with Crippen molar-refractivity contribution < 1.29 is 9.59 Å². The van der Waals surface area contributed by atoms with Gasteiger partial charge in [0, 0.05) is 29.4 Å². The summed E-state index contributed by atoms with van der Waals surface area (Å²) in [6.07, 6.45) is 1.37. The number of rotatable bonds is 2. The number of amides is 2. The first-order valence-electron chi connectivity index (χ1n) is 8.57. The molecule has 0 aromatic heterocycles. The van der Waals surface area contributed by atoms with Gasteiger partial charge in [-0.3, -0.25) is 9.59 Å². The number of likely N-dealkylation sites (N-methyl/N-ethyl adjacent to an activating group) is 1. The summed E-state index contributed by atoms with van der Waals surface area (Å²) >= 11 is 0. The Balaban J connectivity index is 2.33. The molecule has 5 nitrogen and oxygen atoms in total. The molecule has 0 saturated carbocycles. The highest BCUT2D eigenvalue weighted by Crippen LogP contribution is 2.38. The van der Waals surface area contributed by atoms with E-state index in [0.29, 0.717) is 19.4 Å². The molecule has 24 heavy (non-hydrogen) atoms. The fourth-order valence-electron chi connectivity index (χ4n) is 4.17. The van der Waals surface area contributed by atoms with E-state index in [9.17, 15) is 9.59 Å². The van der Waals surface area contributed by atoms with Crippen LogP contribution in [0.4, 0.5) is 5.69 Å². The van der Waals surface area contributed by atoms with Crippen LogP contribution in [-0.2, 0) is 9.59 Å². The Hall–Kier alpha value is -1.88. The Morgan fingerprint density at radius 2 is 1.62 bits per heavy atom. The Morgan fingerprint density at radius 3 is 2.08 bits per heavy atom. The number of likely N-dealkylation sites (tertiary alicyclic amines) is 1. The highest BCUT2D eigenvalue weighted by atomic mass is 16.2. The molecule has 1 fully saturated rings. The molecule has 2 N–H and O–H groups in total. The van der Waals surface area contributed by atoms with Gasteiger partial charge >= 0.3 is 11.8 Å². The van der Waals surface area contributed by atoms with Crippen molar-refractivity contribution >= 4 is 17.5 Å². The number of hydrogen-bond donors (Lipinski definition) is 1. The number of anilines is 1. The first kappa shape index (κ1) is 18.5. The zero-order chi connectivity index (χ0) is 18.1. The van der Waals surface area contributed by atoms with Gasteiger partial charge in [-0.25, -0.2) is 0 Å². The number of piperidine rings is 1. The van der Waals surface area contributed by atoms with E-state index in [4.69, 9.17) is 5.73 Å². The van der Waals surface area contributed by atoms with Crippen molar-refractivity contribution in [1.82, 2.24) is 4.90 Å². The molecule has 0 atom stereocenters. The summed E-state index contributed by atoms with van der Waals surface area (Å²) in [6.45, 7) is 10.3. The molecule has 1 aliphatic rings. The van der Waals surface area contributed by atoms with Crippen LogP contribution in [0.3, 0.4) is 0 Å². The molecule has 1 saturated heterocycles. The number of carbonyl (C=O) groups is 2. The van der Waals surface area contributed by atoms with Gasteiger partial charge in [0.05, 0.1) is 0 Å². The first-order chi connectivity index (χ1) is 11.1. The van der Waals surface area contributed by atoms with Gasteiger partial charge < -0.3 is 15.5 Å². The predicted octanol–water partition coefficient (Wildman–Crippen LogP) is 2.55. The molecule has 2 rings (SSSR count). The van der Waals surface area contributed by atoms with Crippen LogP contribution in [0.25, 0.3) is 0 Å². The second-order valence-electron chi connectivity index (χ2n) is 7.82. The molecule has 0 unspecified atom stereocenters. The summed E-state index contributed by atoms with van der Waals surface area (Å²) in [7, 11) is 0. The van der Waals surface area contributed by atoms with Crippen molar-refractivity contribution in [1.29, 1.82) is 0 Å². The molecule has 0 radical (unpaired) electrons. The molecule has 132 valence electrons. The van der Waals surface area contributed by atoms with E-state index < -0.39 is 22.9 Å². The predicted molar refractivity (Wildman–Crippen MR) is 96.7 cm³/mol. The Kier molecular flexibility index (Phi) is 5.04. The third-order valence-corrected chi connectivity index (χ3v) is 4.75. The Morgan fingerprint density at radius 1 is 1.12 bits per heavy atom. The molecule has 0 spiro atoms. The minimum absolute atomic E-state index is 0.0329. The quantitative estimate of drug-likeness (QED) is 0.847. The van der Waals surface area contributed by atoms with Crippen LogP contribution in [0.2, 0.25) is 0 Å². The third-order valence-electron chi connectivity index (χ3n) is 4.75. The van der Waals surface area contributed by atoms with Crippen LogP contribution < -0.4 is 10.6 Å². The van der Waals surface area contributed by atoms with Gasteiger partial charge in [0.2, 0.25) is 0 Å². The number of nitrogens with zero attached hydrogens (tertiary/aromatic N) is 2. The fourth-order valence-corrected chi connectivity index (χ4v) is 4.17. The average molecular weight is 331 g/mol. The van der Waals surface area contributed by atoms with Crippen LogP contribution >= 0.6 is 0 Å². The zero-order valence-electron chi connectivity index (χ0n) is 15.4. The molecule has 1 aromatic carbocycles. The molecule has 5 heteroatoms. The number of nitrogens with two attached hydrogens (primary N) is 1. The van der Waals surface area contributed by atoms with Crippen LogP contribution in [0, 0.1) is 0 Å². The van der Waals surface area contributed by atoms with E-state index in [1.165, 1.54) is 4.90 Å². The smallest absolute Gasteiger partial charge is 0.316 e. The van der Waals surface area contributed by atoms with E-state index in [1.807, 2.05) is 65.0 Å². The summed E-state index contributed by atoms with van der Waals surface area (Å²) in [4.78, 5) is 29.3. The fraction of sp³-hybridized carbons (Fsp3) is 0.579. The van der Waals surface area contributed by atoms with Crippen molar-refractivity contribution in [3.8, 4) is 0 Å². The summed E-state index contributed by atoms with van der Waals surface area (Å²) in [5, 5.41) is 0. The SMILES string of the molecule is CCN(C(=O)C(=O)N1C(C)(C)CC(N)CC1(C)C)c1ccccc1. The van der Waals surface area contributed by atoms with Gasteiger partial charge in [-0.2, -0.15) is 0 Å². The standard InChI is InChI=1S/C19H29N3O2/c1-6-21(15-10-8-7-9-11-15)16(23)17(24)22-18(2,3)12-14(20)13-19(22,4)5/h7-11,14H,6,12-13,20H2,1-5H3. The highest BCUT2D eigenvalue weighted by Gasteiger charge is 2.49. The molecule has 0 aliphatic carbocycles. The zero-order valence-corrected chi connectivity index (χ0v) is 15.4. The van der Waals surface area contributed by atoms with Gasteiger partial charge in [0.1, 0.15) is 0 Å². The average Bonchev–Trinajstić information content (AvgIpc) is 2.45. The minimum Gasteiger partial charge on any atom is -0.328 e. The van der Waals surface area contributed by atoms with Crippen LogP contribution in [0.5, 0.6) is 0 Å². The third kappa shape index (κ3) is 3.46. The maximum Gasteiger partial charge on any atom is 0.316 e. The monoisotopic (exact) mass is 331 g/mol. The lowest BCUT2D eigenvalue weighted by Crippen LogP contribution is -2.67. The van der Waals surface area contributed by atoms with Crippen molar-refractivity contribution in [2.75, 3.05) is 11.4 Å². The van der Waals surface area contributed by atoms with Crippen LogP contribution in [0.15, 0.2) is 30.3 Å². The lowest BCUT2D eigenvalue weighted by Gasteiger charge is -2.54. The summed E-state index contributed by atoms with van der Waals surface area (Å²) in [5.41, 5.74) is 6.00. The Bertz CT molecular complexity index is 592. The van der Waals surface area contributed by atoms with Gasteiger partial charge in [-0.1, -0.05) is 18.2 Å². The van der Waals surface area contributed by atoms with Crippen LogP contribution in [0.1, 0.15) is 47.5 Å². The highest BCUT2D eigenvalue weighted by molar-refractivity contribution is 6.40. The van der Waals surface area contributed by atoms with Crippen molar-refractivity contribution in [2.45, 2.75) is 64.6 Å². The molecule has 1 heterocycles. The minimum atomic E-state index is -0.486. The largest absolute Gasteiger partial charge is 0.328 e. The topological polar surface area (TPSA) is 66.6 Å². The summed E-state index contributed by atoms with van der Waals surface area (Å²) < 4.78 is 0. The second-order valence-corrected chi connectivity index (χ2v) is 7.82. The van der Waals surface area contributed by atoms with E-state index in [0.717, 1.165) is 5.69 Å². The van der Waals surface area contributed by atoms with Gasteiger partial charge in [0.25, 0.3) is 0 Å². The Labute approximate surface area is 144 Å². The van der Waals surface area contributed by atoms with E-state index in [-0.39, 0.29) is 6.04 Å². The first-order valence-corrected chi connectivity index (χ1v) is 8.57. The van der Waals surface area contributed by atoms with E-state index >= 15 is 0 Å². The normalized spacial score (nSPS) is 19.8. The molecule has 2 amide bonds. The molecule has 0 bridgehead atoms. The van der Waals surface area contributed by atoms with Gasteiger partial charge in [-0.15, -0.1) is 0 Å². The lowest BCUT2D eigenvalue weighted by molar-refractivity contribution is -0.157. The molecular formula is C19H29N3O2.